The number of piperidine rings is 1. The molecule has 3 N–H and O–H groups in total. The van der Waals surface area contributed by atoms with Gasteiger partial charge in [0.25, 0.3) is 0 Å². The number of carbonyl (C=O) groups excluding carboxylic acids is 2. The van der Waals surface area contributed by atoms with E-state index in [0.29, 0.717) is 19.3 Å². The Bertz CT molecular complexity index is 457. The molecular weight excluding hydrogens is 272 g/mol. The third-order valence-electron chi connectivity index (χ3n) is 3.92. The predicted octanol–water partition coefficient (Wildman–Crippen LogP) is -0.224. The summed E-state index contributed by atoms with van der Waals surface area (Å²) in [6, 6.07) is 0. The monoisotopic (exact) mass is 294 g/mol. The first-order chi connectivity index (χ1) is 10.2. The second-order valence-corrected chi connectivity index (χ2v) is 5.29. The highest BCUT2D eigenvalue weighted by Crippen LogP contribution is 2.27. The van der Waals surface area contributed by atoms with Gasteiger partial charge in [-0.05, 0) is 19.3 Å². The third kappa shape index (κ3) is 3.57. The first-order valence-electron chi connectivity index (χ1n) is 7.30. The van der Waals surface area contributed by atoms with Crippen molar-refractivity contribution in [3.8, 4) is 0 Å². The molecule has 21 heavy (non-hydrogen) atoms. The average Bonchev–Trinajstić information content (AvgIpc) is 3.01. The van der Waals surface area contributed by atoms with Gasteiger partial charge in [-0.3, -0.25) is 14.5 Å². The molecule has 0 aromatic carbocycles. The zero-order valence-electron chi connectivity index (χ0n) is 12.1. The molecule has 1 atom stereocenters. The molecule has 2 rings (SSSR count). The van der Waals surface area contributed by atoms with E-state index in [1.165, 1.54) is 6.42 Å². The molecule has 2 amide bonds. The second-order valence-electron chi connectivity index (χ2n) is 5.29. The number of nitrogens with one attached hydrogen (secondary N) is 1. The van der Waals surface area contributed by atoms with E-state index in [-0.39, 0.29) is 12.3 Å². The lowest BCUT2D eigenvalue weighted by molar-refractivity contribution is -0.121. The van der Waals surface area contributed by atoms with Crippen molar-refractivity contribution in [3.63, 3.8) is 0 Å². The molecule has 1 unspecified atom stereocenters. The average molecular weight is 294 g/mol. The van der Waals surface area contributed by atoms with Crippen LogP contribution >= 0.6 is 0 Å². The maximum atomic E-state index is 11.2. The van der Waals surface area contributed by atoms with E-state index in [9.17, 15) is 9.59 Å². The highest BCUT2D eigenvalue weighted by Gasteiger charge is 2.39. The minimum Gasteiger partial charge on any atom is -0.370 e. The van der Waals surface area contributed by atoms with Gasteiger partial charge in [0.15, 0.2) is 5.79 Å². The molecule has 0 aliphatic carbocycles. The van der Waals surface area contributed by atoms with Crippen LogP contribution in [0.5, 0.6) is 0 Å². The van der Waals surface area contributed by atoms with Crippen molar-refractivity contribution in [1.82, 2.24) is 25.2 Å². The van der Waals surface area contributed by atoms with Crippen LogP contribution in [-0.2, 0) is 15.4 Å². The summed E-state index contributed by atoms with van der Waals surface area (Å²) in [4.78, 5) is 24.3. The van der Waals surface area contributed by atoms with Crippen molar-refractivity contribution in [1.29, 1.82) is 0 Å². The number of amides is 2. The highest BCUT2D eigenvalue weighted by molar-refractivity contribution is 5.73. The van der Waals surface area contributed by atoms with Crippen LogP contribution in [0.1, 0.15) is 38.5 Å². The summed E-state index contributed by atoms with van der Waals surface area (Å²) in [7, 11) is 0. The van der Waals surface area contributed by atoms with Crippen LogP contribution in [0.3, 0.4) is 0 Å². The smallest absolute Gasteiger partial charge is 0.217 e. The Morgan fingerprint density at radius 3 is 2.71 bits per heavy atom. The van der Waals surface area contributed by atoms with E-state index in [1.807, 2.05) is 0 Å². The normalized spacial score (nSPS) is 18.9. The van der Waals surface area contributed by atoms with Crippen molar-refractivity contribution in [2.75, 3.05) is 13.1 Å². The minimum absolute atomic E-state index is 0.283. The number of nitrogens with zero attached hydrogens (tertiary/aromatic N) is 4. The standard InChI is InChI=1S/C13H22N6O2/c14-12(21)5-4-6-13(15-11-20,19-10-7-16-17-19)18-8-2-1-3-9-18/h7,10-11H,1-6,8-9H2,(H2,14,21)(H,15,20). The van der Waals surface area contributed by atoms with Gasteiger partial charge >= 0.3 is 0 Å². The molecule has 0 spiro atoms. The molecule has 1 aliphatic heterocycles. The van der Waals surface area contributed by atoms with Crippen LogP contribution in [0.25, 0.3) is 0 Å². The minimum atomic E-state index is -0.770. The van der Waals surface area contributed by atoms with E-state index in [1.54, 1.807) is 17.1 Å². The van der Waals surface area contributed by atoms with Crippen LogP contribution in [0, 0.1) is 0 Å². The SMILES string of the molecule is NC(=O)CCCC(NC=O)(N1CCCCC1)n1ccnn1. The fraction of sp³-hybridized carbons (Fsp3) is 0.692. The molecule has 116 valence electrons. The van der Waals surface area contributed by atoms with E-state index >= 15 is 0 Å². The van der Waals surface area contributed by atoms with Crippen molar-refractivity contribution in [2.45, 2.75) is 44.3 Å². The zero-order chi connectivity index (χ0) is 15.1. The summed E-state index contributed by atoms with van der Waals surface area (Å²) < 4.78 is 1.66. The number of rotatable bonds is 8. The van der Waals surface area contributed by atoms with Gasteiger partial charge in [-0.1, -0.05) is 11.6 Å². The van der Waals surface area contributed by atoms with E-state index in [2.05, 4.69) is 20.5 Å². The van der Waals surface area contributed by atoms with Crippen LogP contribution in [0.4, 0.5) is 0 Å². The van der Waals surface area contributed by atoms with Gasteiger partial charge < -0.3 is 11.1 Å². The van der Waals surface area contributed by atoms with Gasteiger partial charge in [0.2, 0.25) is 12.3 Å². The van der Waals surface area contributed by atoms with E-state index in [0.717, 1.165) is 25.9 Å². The molecule has 1 saturated heterocycles. The molecule has 0 bridgehead atoms. The number of hydrogen-bond acceptors (Lipinski definition) is 5. The number of hydrogen-bond donors (Lipinski definition) is 2. The van der Waals surface area contributed by atoms with Crippen LogP contribution in [0.15, 0.2) is 12.4 Å². The fourth-order valence-electron chi connectivity index (χ4n) is 2.92. The summed E-state index contributed by atoms with van der Waals surface area (Å²) in [6.07, 6.45) is 8.75. The van der Waals surface area contributed by atoms with Crippen LogP contribution < -0.4 is 11.1 Å². The Kier molecular flexibility index (Phi) is 5.26. The maximum absolute atomic E-state index is 11.2. The molecule has 1 aromatic rings. The number of nitrogens with two attached hydrogens (primary N) is 1. The lowest BCUT2D eigenvalue weighted by Gasteiger charge is -2.45. The van der Waals surface area contributed by atoms with Gasteiger partial charge in [-0.2, -0.15) is 0 Å². The third-order valence-corrected chi connectivity index (χ3v) is 3.92. The Labute approximate surface area is 123 Å². The fourth-order valence-corrected chi connectivity index (χ4v) is 2.92. The second kappa shape index (κ2) is 7.16. The first-order valence-corrected chi connectivity index (χ1v) is 7.30. The van der Waals surface area contributed by atoms with E-state index < -0.39 is 5.79 Å². The lowest BCUT2D eigenvalue weighted by Crippen LogP contribution is -2.61. The first kappa shape index (κ1) is 15.4. The lowest BCUT2D eigenvalue weighted by atomic mass is 10.0. The maximum Gasteiger partial charge on any atom is 0.217 e. The van der Waals surface area contributed by atoms with Crippen LogP contribution in [-0.4, -0.2) is 45.3 Å². The molecule has 1 fully saturated rings. The van der Waals surface area contributed by atoms with Crippen molar-refractivity contribution in [3.05, 3.63) is 12.4 Å². The van der Waals surface area contributed by atoms with Crippen molar-refractivity contribution >= 4 is 12.3 Å². The van der Waals surface area contributed by atoms with Gasteiger partial charge in [0.05, 0.1) is 6.20 Å². The summed E-state index contributed by atoms with van der Waals surface area (Å²) >= 11 is 0. The molecule has 0 saturated carbocycles. The van der Waals surface area contributed by atoms with E-state index in [4.69, 9.17) is 5.73 Å². The number of likely N-dealkylation sites (tertiary alicyclic amines) is 1. The molecule has 0 radical (unpaired) electrons. The van der Waals surface area contributed by atoms with Crippen molar-refractivity contribution in [2.24, 2.45) is 5.73 Å². The summed E-state index contributed by atoms with van der Waals surface area (Å²) in [5, 5.41) is 10.8. The summed E-state index contributed by atoms with van der Waals surface area (Å²) in [5.41, 5.74) is 5.22. The highest BCUT2D eigenvalue weighted by atomic mass is 16.1. The number of aromatic nitrogens is 3. The van der Waals surface area contributed by atoms with Crippen LogP contribution in [0.2, 0.25) is 0 Å². The topological polar surface area (TPSA) is 106 Å². The Balaban J connectivity index is 2.24. The molecular formula is C13H22N6O2. The molecule has 8 nitrogen and oxygen atoms in total. The molecule has 2 heterocycles. The summed E-state index contributed by atoms with van der Waals surface area (Å²) in [6.45, 7) is 1.74. The quantitative estimate of drug-likeness (QED) is 0.644. The van der Waals surface area contributed by atoms with Gasteiger partial charge in [-0.15, -0.1) is 5.10 Å². The molecule has 8 heteroatoms. The Morgan fingerprint density at radius 1 is 1.38 bits per heavy atom. The predicted molar refractivity (Wildman–Crippen MR) is 75.7 cm³/mol. The summed E-state index contributed by atoms with van der Waals surface area (Å²) in [5.74, 6) is -1.11. The Morgan fingerprint density at radius 2 is 2.14 bits per heavy atom. The van der Waals surface area contributed by atoms with Gasteiger partial charge in [0.1, 0.15) is 0 Å². The largest absolute Gasteiger partial charge is 0.370 e. The number of carbonyl (C=O) groups is 2. The molecule has 1 aliphatic rings. The molecule has 1 aromatic heterocycles. The van der Waals surface area contributed by atoms with Gasteiger partial charge in [-0.25, -0.2) is 4.68 Å². The Hall–Kier alpha value is -1.96. The zero-order valence-corrected chi connectivity index (χ0v) is 12.1. The van der Waals surface area contributed by atoms with Gasteiger partial charge in [0, 0.05) is 32.1 Å². The number of primary amides is 1. The van der Waals surface area contributed by atoms with Crippen molar-refractivity contribution < 1.29 is 9.59 Å².